The summed E-state index contributed by atoms with van der Waals surface area (Å²) >= 11 is 1.80. The van der Waals surface area contributed by atoms with Crippen LogP contribution < -0.4 is 5.32 Å². The van der Waals surface area contributed by atoms with Crippen LogP contribution in [0.1, 0.15) is 53.2 Å². The summed E-state index contributed by atoms with van der Waals surface area (Å²) in [5.41, 5.74) is 0.559. The number of thiophene rings is 1. The maximum Gasteiger partial charge on any atom is 0.253 e. The molecule has 0 saturated carbocycles. The fraction of sp³-hybridized carbons (Fsp3) is 0.455. The van der Waals surface area contributed by atoms with Gasteiger partial charge in [0.25, 0.3) is 5.91 Å². The lowest BCUT2D eigenvalue weighted by Gasteiger charge is -2.22. The summed E-state index contributed by atoms with van der Waals surface area (Å²) in [5, 5.41) is 14.3. The van der Waals surface area contributed by atoms with Gasteiger partial charge in [-0.1, -0.05) is 19.9 Å². The Labute approximate surface area is 181 Å². The second-order valence-corrected chi connectivity index (χ2v) is 9.16. The van der Waals surface area contributed by atoms with Crippen molar-refractivity contribution >= 4 is 17.2 Å². The van der Waals surface area contributed by atoms with Gasteiger partial charge in [0.2, 0.25) is 0 Å². The van der Waals surface area contributed by atoms with Crippen LogP contribution in [0.3, 0.4) is 0 Å². The first-order valence-corrected chi connectivity index (χ1v) is 11.4. The normalized spacial score (nSPS) is 15.6. The minimum absolute atomic E-state index is 0.126. The zero-order valence-electron chi connectivity index (χ0n) is 17.5. The molecule has 3 aromatic rings. The van der Waals surface area contributed by atoms with Gasteiger partial charge < -0.3 is 9.88 Å². The number of aromatic nitrogens is 4. The Morgan fingerprint density at radius 1 is 1.20 bits per heavy atom. The molecular formula is C22H28N6OS. The van der Waals surface area contributed by atoms with E-state index in [9.17, 15) is 4.79 Å². The summed E-state index contributed by atoms with van der Waals surface area (Å²) in [7, 11) is 0. The van der Waals surface area contributed by atoms with E-state index in [0.29, 0.717) is 11.5 Å². The molecular weight excluding hydrogens is 396 g/mol. The first kappa shape index (κ1) is 20.7. The van der Waals surface area contributed by atoms with E-state index >= 15 is 0 Å². The Morgan fingerprint density at radius 3 is 2.83 bits per heavy atom. The molecule has 0 spiro atoms. The smallest absolute Gasteiger partial charge is 0.253 e. The van der Waals surface area contributed by atoms with Gasteiger partial charge in [0, 0.05) is 49.9 Å². The minimum atomic E-state index is -0.178. The Bertz CT molecular complexity index is 953. The third-order valence-corrected chi connectivity index (χ3v) is 6.22. The fourth-order valence-electron chi connectivity index (χ4n) is 3.87. The number of carbonyl (C=O) groups is 1. The summed E-state index contributed by atoms with van der Waals surface area (Å²) in [6.45, 7) is 8.03. The molecule has 4 heterocycles. The molecule has 0 aromatic carbocycles. The van der Waals surface area contributed by atoms with E-state index in [2.05, 4.69) is 61.3 Å². The molecule has 0 saturated heterocycles. The molecule has 3 aromatic heterocycles. The van der Waals surface area contributed by atoms with E-state index in [1.807, 2.05) is 0 Å². The topological polar surface area (TPSA) is 75.9 Å². The molecule has 1 amide bonds. The zero-order chi connectivity index (χ0) is 20.9. The first-order valence-electron chi connectivity index (χ1n) is 10.5. The first-order chi connectivity index (χ1) is 14.6. The highest BCUT2D eigenvalue weighted by molar-refractivity contribution is 7.09. The largest absolute Gasteiger partial charge is 0.342 e. The van der Waals surface area contributed by atoms with E-state index in [0.717, 1.165) is 50.7 Å². The molecule has 0 bridgehead atoms. The predicted molar refractivity (Wildman–Crippen MR) is 117 cm³/mol. The van der Waals surface area contributed by atoms with Crippen molar-refractivity contribution < 1.29 is 4.79 Å². The molecule has 1 N–H and O–H groups in total. The quantitative estimate of drug-likeness (QED) is 0.630. The van der Waals surface area contributed by atoms with Crippen molar-refractivity contribution in [3.05, 3.63) is 64.1 Å². The number of pyridine rings is 1. The molecule has 0 radical (unpaired) electrons. The van der Waals surface area contributed by atoms with Crippen molar-refractivity contribution in [3.8, 4) is 0 Å². The van der Waals surface area contributed by atoms with E-state index in [1.165, 1.54) is 4.88 Å². The maximum absolute atomic E-state index is 12.8. The lowest BCUT2D eigenvalue weighted by Crippen LogP contribution is -2.32. The van der Waals surface area contributed by atoms with Gasteiger partial charge in [0.05, 0.1) is 11.6 Å². The Morgan fingerprint density at radius 2 is 2.10 bits per heavy atom. The molecule has 4 rings (SSSR count). The van der Waals surface area contributed by atoms with Crippen LogP contribution in [0.25, 0.3) is 0 Å². The molecule has 0 aliphatic carbocycles. The van der Waals surface area contributed by atoms with E-state index < -0.39 is 0 Å². The average molecular weight is 425 g/mol. The Balaban J connectivity index is 1.50. The van der Waals surface area contributed by atoms with Crippen LogP contribution >= 0.6 is 11.3 Å². The zero-order valence-corrected chi connectivity index (χ0v) is 18.3. The Kier molecular flexibility index (Phi) is 6.54. The predicted octanol–water partition coefficient (Wildman–Crippen LogP) is 3.31. The lowest BCUT2D eigenvalue weighted by atomic mass is 10.0. The Hall–Kier alpha value is -2.58. The number of fused-ring (bicyclic) bond motifs is 1. The number of hydrogen-bond acceptors (Lipinski definition) is 6. The SMILES string of the molecule is CC(C)CC(NC(=O)c1cccnc1)c1nnc2n1CCN(Cc1cccs1)CC2. The molecule has 7 nitrogen and oxygen atoms in total. The van der Waals surface area contributed by atoms with Crippen molar-refractivity contribution in [2.45, 2.75) is 45.8 Å². The molecule has 1 aliphatic rings. The number of hydrogen-bond donors (Lipinski definition) is 1. The van der Waals surface area contributed by atoms with Gasteiger partial charge in [-0.15, -0.1) is 21.5 Å². The second kappa shape index (κ2) is 9.49. The van der Waals surface area contributed by atoms with Crippen LogP contribution in [-0.2, 0) is 19.5 Å². The number of nitrogens with one attached hydrogen (secondary N) is 1. The maximum atomic E-state index is 12.8. The van der Waals surface area contributed by atoms with Gasteiger partial charge >= 0.3 is 0 Å². The number of rotatable bonds is 7. The van der Waals surface area contributed by atoms with Gasteiger partial charge in [-0.25, -0.2) is 0 Å². The van der Waals surface area contributed by atoms with E-state index in [-0.39, 0.29) is 11.9 Å². The van der Waals surface area contributed by atoms with Crippen molar-refractivity contribution in [1.82, 2.24) is 30.0 Å². The van der Waals surface area contributed by atoms with Crippen molar-refractivity contribution in [3.63, 3.8) is 0 Å². The van der Waals surface area contributed by atoms with Gasteiger partial charge in [-0.3, -0.25) is 14.7 Å². The third kappa shape index (κ3) is 4.94. The van der Waals surface area contributed by atoms with Crippen LogP contribution in [-0.4, -0.2) is 43.6 Å². The van der Waals surface area contributed by atoms with E-state index in [4.69, 9.17) is 0 Å². The van der Waals surface area contributed by atoms with Crippen molar-refractivity contribution in [2.75, 3.05) is 13.1 Å². The lowest BCUT2D eigenvalue weighted by molar-refractivity contribution is 0.0928. The van der Waals surface area contributed by atoms with Gasteiger partial charge in [-0.2, -0.15) is 0 Å². The summed E-state index contributed by atoms with van der Waals surface area (Å²) < 4.78 is 2.21. The van der Waals surface area contributed by atoms with Gasteiger partial charge in [0.15, 0.2) is 5.82 Å². The molecule has 8 heteroatoms. The van der Waals surface area contributed by atoms with Gasteiger partial charge in [-0.05, 0) is 35.9 Å². The van der Waals surface area contributed by atoms with Crippen molar-refractivity contribution in [1.29, 1.82) is 0 Å². The summed E-state index contributed by atoms with van der Waals surface area (Å²) in [4.78, 5) is 20.7. The monoisotopic (exact) mass is 424 g/mol. The minimum Gasteiger partial charge on any atom is -0.342 e. The third-order valence-electron chi connectivity index (χ3n) is 5.35. The summed E-state index contributed by atoms with van der Waals surface area (Å²) in [6, 6.07) is 7.67. The number of amides is 1. The van der Waals surface area contributed by atoms with Crippen LogP contribution in [0, 0.1) is 5.92 Å². The highest BCUT2D eigenvalue weighted by atomic mass is 32.1. The average Bonchev–Trinajstić information content (AvgIpc) is 3.35. The number of carbonyl (C=O) groups excluding carboxylic acids is 1. The van der Waals surface area contributed by atoms with Crippen LogP contribution in [0.4, 0.5) is 0 Å². The molecule has 158 valence electrons. The molecule has 0 fully saturated rings. The highest BCUT2D eigenvalue weighted by Gasteiger charge is 2.26. The number of nitrogens with zero attached hydrogens (tertiary/aromatic N) is 5. The summed E-state index contributed by atoms with van der Waals surface area (Å²) in [5.74, 6) is 2.15. The highest BCUT2D eigenvalue weighted by Crippen LogP contribution is 2.23. The molecule has 1 aliphatic heterocycles. The van der Waals surface area contributed by atoms with Crippen LogP contribution in [0.15, 0.2) is 42.0 Å². The van der Waals surface area contributed by atoms with Crippen molar-refractivity contribution in [2.24, 2.45) is 5.92 Å². The fourth-order valence-corrected chi connectivity index (χ4v) is 4.61. The molecule has 1 atom stereocenters. The summed E-state index contributed by atoms with van der Waals surface area (Å²) in [6.07, 6.45) is 4.93. The van der Waals surface area contributed by atoms with Crippen LogP contribution in [0.5, 0.6) is 0 Å². The van der Waals surface area contributed by atoms with E-state index in [1.54, 1.807) is 35.9 Å². The molecule has 30 heavy (non-hydrogen) atoms. The molecule has 1 unspecified atom stereocenters. The van der Waals surface area contributed by atoms with Crippen LogP contribution in [0.2, 0.25) is 0 Å². The van der Waals surface area contributed by atoms with Gasteiger partial charge in [0.1, 0.15) is 5.82 Å². The standard InChI is InChI=1S/C22H28N6OS/c1-16(2)13-19(24-22(29)17-5-3-8-23-14-17)21-26-25-20-7-9-27(10-11-28(20)21)15-18-6-4-12-30-18/h3-6,8,12,14,16,19H,7,9-11,13,15H2,1-2H3,(H,24,29). The second-order valence-electron chi connectivity index (χ2n) is 8.13.